The fourth-order valence-electron chi connectivity index (χ4n) is 0.711. The molecule has 0 fully saturated rings. The van der Waals surface area contributed by atoms with Crippen molar-refractivity contribution in [1.82, 2.24) is 15.2 Å². The molecule has 3 N–H and O–H groups in total. The van der Waals surface area contributed by atoms with Gasteiger partial charge in [0.1, 0.15) is 0 Å². The Morgan fingerprint density at radius 1 is 1.58 bits per heavy atom. The molecule has 0 aromatic carbocycles. The summed E-state index contributed by atoms with van der Waals surface area (Å²) < 4.78 is 24.0. The molecule has 0 saturated heterocycles. The SMILES string of the molecule is CC(CN)c1n[nH]c(C(F)F)n1. The standard InChI is InChI=1S/C6H10F2N4/c1-3(2-9)5-10-6(4(7)8)12-11-5/h3-4H,2,9H2,1H3,(H,10,11,12). The van der Waals surface area contributed by atoms with E-state index in [2.05, 4.69) is 15.2 Å². The van der Waals surface area contributed by atoms with Crippen molar-refractivity contribution in [3.63, 3.8) is 0 Å². The molecule has 0 saturated carbocycles. The number of aromatic nitrogens is 3. The van der Waals surface area contributed by atoms with Gasteiger partial charge in [0.25, 0.3) is 6.43 Å². The van der Waals surface area contributed by atoms with Crippen LogP contribution in [0, 0.1) is 0 Å². The molecule has 0 spiro atoms. The summed E-state index contributed by atoms with van der Waals surface area (Å²) >= 11 is 0. The van der Waals surface area contributed by atoms with Crippen molar-refractivity contribution in [2.24, 2.45) is 5.73 Å². The minimum absolute atomic E-state index is 0.0891. The first-order valence-corrected chi connectivity index (χ1v) is 3.55. The number of halogens is 2. The molecule has 1 rings (SSSR count). The molecule has 6 heteroatoms. The third kappa shape index (κ3) is 1.76. The van der Waals surface area contributed by atoms with Gasteiger partial charge < -0.3 is 5.73 Å². The molecule has 12 heavy (non-hydrogen) atoms. The summed E-state index contributed by atoms with van der Waals surface area (Å²) in [5.74, 6) is -0.146. The maximum Gasteiger partial charge on any atom is 0.296 e. The summed E-state index contributed by atoms with van der Waals surface area (Å²) in [4.78, 5) is 3.58. The Bertz CT molecular complexity index is 247. The van der Waals surface area contributed by atoms with Gasteiger partial charge in [0.05, 0.1) is 0 Å². The highest BCUT2D eigenvalue weighted by Gasteiger charge is 2.15. The van der Waals surface area contributed by atoms with E-state index in [1.807, 2.05) is 0 Å². The normalized spacial score (nSPS) is 13.8. The maximum atomic E-state index is 12.0. The molecule has 1 aromatic rings. The van der Waals surface area contributed by atoms with E-state index in [0.29, 0.717) is 12.4 Å². The van der Waals surface area contributed by atoms with Crippen LogP contribution in [0.15, 0.2) is 0 Å². The smallest absolute Gasteiger partial charge is 0.296 e. The predicted octanol–water partition coefficient (Wildman–Crippen LogP) is 0.805. The fourth-order valence-corrected chi connectivity index (χ4v) is 0.711. The molecule has 4 nitrogen and oxygen atoms in total. The largest absolute Gasteiger partial charge is 0.330 e. The van der Waals surface area contributed by atoms with Crippen molar-refractivity contribution in [3.8, 4) is 0 Å². The number of rotatable bonds is 3. The Balaban J connectivity index is 2.77. The molecule has 0 aliphatic carbocycles. The van der Waals surface area contributed by atoms with Gasteiger partial charge in [-0.15, -0.1) is 0 Å². The number of H-pyrrole nitrogens is 1. The molecule has 1 atom stereocenters. The molecule has 0 amide bonds. The lowest BCUT2D eigenvalue weighted by Crippen LogP contribution is -2.10. The van der Waals surface area contributed by atoms with Crippen LogP contribution >= 0.6 is 0 Å². The van der Waals surface area contributed by atoms with Gasteiger partial charge in [0, 0.05) is 12.5 Å². The van der Waals surface area contributed by atoms with E-state index < -0.39 is 12.2 Å². The van der Waals surface area contributed by atoms with E-state index in [9.17, 15) is 8.78 Å². The highest BCUT2D eigenvalue weighted by Crippen LogP contribution is 2.15. The van der Waals surface area contributed by atoms with E-state index in [1.165, 1.54) is 0 Å². The molecular weight excluding hydrogens is 166 g/mol. The molecule has 1 aromatic heterocycles. The summed E-state index contributed by atoms with van der Waals surface area (Å²) in [6.07, 6.45) is -2.60. The second-order valence-electron chi connectivity index (χ2n) is 2.52. The highest BCUT2D eigenvalue weighted by molar-refractivity contribution is 4.97. The molecule has 1 heterocycles. The summed E-state index contributed by atoms with van der Waals surface area (Å²) in [6.45, 7) is 2.12. The number of hydrogen-bond acceptors (Lipinski definition) is 3. The zero-order chi connectivity index (χ0) is 9.14. The van der Waals surface area contributed by atoms with Crippen LogP contribution in [0.1, 0.15) is 30.9 Å². The number of alkyl halides is 2. The van der Waals surface area contributed by atoms with Crippen LogP contribution in [-0.4, -0.2) is 21.7 Å². The summed E-state index contributed by atoms with van der Waals surface area (Å²) in [5, 5.41) is 5.77. The Morgan fingerprint density at radius 2 is 2.25 bits per heavy atom. The van der Waals surface area contributed by atoms with Crippen LogP contribution in [0.25, 0.3) is 0 Å². The van der Waals surface area contributed by atoms with Crippen LogP contribution in [-0.2, 0) is 0 Å². The van der Waals surface area contributed by atoms with Crippen molar-refractivity contribution in [2.45, 2.75) is 19.3 Å². The molecule has 1 unspecified atom stereocenters. The average molecular weight is 176 g/mol. The zero-order valence-corrected chi connectivity index (χ0v) is 6.59. The van der Waals surface area contributed by atoms with Gasteiger partial charge in [-0.25, -0.2) is 13.8 Å². The van der Waals surface area contributed by atoms with Gasteiger partial charge in [0.15, 0.2) is 11.6 Å². The van der Waals surface area contributed by atoms with Crippen LogP contribution in [0.3, 0.4) is 0 Å². The van der Waals surface area contributed by atoms with Crippen molar-refractivity contribution in [1.29, 1.82) is 0 Å². The van der Waals surface area contributed by atoms with Gasteiger partial charge in [-0.1, -0.05) is 6.92 Å². The van der Waals surface area contributed by atoms with Crippen molar-refractivity contribution < 1.29 is 8.78 Å². The van der Waals surface area contributed by atoms with Crippen molar-refractivity contribution in [3.05, 3.63) is 11.6 Å². The van der Waals surface area contributed by atoms with Crippen molar-refractivity contribution >= 4 is 0 Å². The molecule has 0 aliphatic rings. The summed E-state index contributed by atoms with van der Waals surface area (Å²) in [7, 11) is 0. The number of nitrogens with two attached hydrogens (primary N) is 1. The zero-order valence-electron chi connectivity index (χ0n) is 6.59. The third-order valence-electron chi connectivity index (χ3n) is 1.52. The second kappa shape index (κ2) is 3.57. The van der Waals surface area contributed by atoms with Crippen LogP contribution in [0.5, 0.6) is 0 Å². The first kappa shape index (κ1) is 9.05. The number of nitrogens with one attached hydrogen (secondary N) is 1. The lowest BCUT2D eigenvalue weighted by Gasteiger charge is -1.99. The highest BCUT2D eigenvalue weighted by atomic mass is 19.3. The van der Waals surface area contributed by atoms with Crippen LogP contribution in [0.2, 0.25) is 0 Å². The molecular formula is C6H10F2N4. The first-order chi connectivity index (χ1) is 5.65. The second-order valence-corrected chi connectivity index (χ2v) is 2.52. The quantitative estimate of drug-likeness (QED) is 0.715. The molecule has 0 aliphatic heterocycles. The Hall–Kier alpha value is -1.04. The minimum atomic E-state index is -2.60. The monoisotopic (exact) mass is 176 g/mol. The minimum Gasteiger partial charge on any atom is -0.330 e. The van der Waals surface area contributed by atoms with Gasteiger partial charge in [-0.05, 0) is 0 Å². The lowest BCUT2D eigenvalue weighted by molar-refractivity contribution is 0.140. The molecule has 0 bridgehead atoms. The van der Waals surface area contributed by atoms with Crippen LogP contribution in [0.4, 0.5) is 8.78 Å². The van der Waals surface area contributed by atoms with Gasteiger partial charge in [-0.3, -0.25) is 5.10 Å². The number of nitrogens with zero attached hydrogens (tertiary/aromatic N) is 2. The topological polar surface area (TPSA) is 67.6 Å². The van der Waals surface area contributed by atoms with Crippen LogP contribution < -0.4 is 5.73 Å². The predicted molar refractivity (Wildman–Crippen MR) is 38.8 cm³/mol. The fraction of sp³-hybridized carbons (Fsp3) is 0.667. The Labute approximate surface area is 68.2 Å². The van der Waals surface area contributed by atoms with Gasteiger partial charge in [0.2, 0.25) is 0 Å². The van der Waals surface area contributed by atoms with E-state index in [0.717, 1.165) is 0 Å². The number of hydrogen-bond donors (Lipinski definition) is 2. The van der Waals surface area contributed by atoms with E-state index in [-0.39, 0.29) is 5.92 Å². The third-order valence-corrected chi connectivity index (χ3v) is 1.52. The van der Waals surface area contributed by atoms with Crippen molar-refractivity contribution in [2.75, 3.05) is 6.54 Å². The lowest BCUT2D eigenvalue weighted by atomic mass is 10.2. The Morgan fingerprint density at radius 3 is 2.67 bits per heavy atom. The average Bonchev–Trinajstić information content (AvgIpc) is 2.51. The van der Waals surface area contributed by atoms with Gasteiger partial charge >= 0.3 is 0 Å². The van der Waals surface area contributed by atoms with E-state index in [4.69, 9.17) is 5.73 Å². The Kier molecular flexibility index (Phi) is 2.69. The number of aromatic amines is 1. The summed E-state index contributed by atoms with van der Waals surface area (Å²) in [6, 6.07) is 0. The molecule has 68 valence electrons. The van der Waals surface area contributed by atoms with E-state index >= 15 is 0 Å². The molecule has 0 radical (unpaired) electrons. The van der Waals surface area contributed by atoms with Gasteiger partial charge in [-0.2, -0.15) is 5.10 Å². The maximum absolute atomic E-state index is 12.0. The first-order valence-electron chi connectivity index (χ1n) is 3.55. The van der Waals surface area contributed by atoms with E-state index in [1.54, 1.807) is 6.92 Å². The summed E-state index contributed by atoms with van der Waals surface area (Å²) in [5.41, 5.74) is 5.31.